The average Bonchev–Trinajstić information content (AvgIpc) is 2.86. The lowest BCUT2D eigenvalue weighted by Crippen LogP contribution is -2.14. The van der Waals surface area contributed by atoms with Gasteiger partial charge in [0.05, 0.1) is 11.8 Å². The summed E-state index contributed by atoms with van der Waals surface area (Å²) in [5.41, 5.74) is 0.102. The second kappa shape index (κ2) is 6.43. The molecular weight excluding hydrogens is 250 g/mol. The van der Waals surface area contributed by atoms with Crippen molar-refractivity contribution in [3.05, 3.63) is 41.9 Å². The first-order valence-electron chi connectivity index (χ1n) is 6.31. The van der Waals surface area contributed by atoms with Gasteiger partial charge in [-0.3, -0.25) is 0 Å². The van der Waals surface area contributed by atoms with E-state index < -0.39 is 11.6 Å². The molecule has 1 aromatic heterocycles. The van der Waals surface area contributed by atoms with E-state index in [1.54, 1.807) is 0 Å². The van der Waals surface area contributed by atoms with Gasteiger partial charge in [0.15, 0.2) is 11.7 Å². The van der Waals surface area contributed by atoms with Crippen molar-refractivity contribution in [1.82, 2.24) is 10.3 Å². The van der Waals surface area contributed by atoms with Crippen molar-refractivity contribution in [2.75, 3.05) is 13.1 Å². The summed E-state index contributed by atoms with van der Waals surface area (Å²) in [6.45, 7) is 3.84. The van der Waals surface area contributed by atoms with E-state index >= 15 is 0 Å². The Hall–Kier alpha value is -1.75. The van der Waals surface area contributed by atoms with Crippen molar-refractivity contribution in [3.63, 3.8) is 0 Å². The van der Waals surface area contributed by atoms with Crippen LogP contribution in [0.1, 0.15) is 19.2 Å². The quantitative estimate of drug-likeness (QED) is 0.816. The smallest absolute Gasteiger partial charge is 0.194 e. The fourth-order valence-corrected chi connectivity index (χ4v) is 1.78. The molecular formula is C14H16F2N2O. The van der Waals surface area contributed by atoms with Gasteiger partial charge in [0, 0.05) is 6.42 Å². The molecule has 3 nitrogen and oxygen atoms in total. The molecule has 2 rings (SSSR count). The number of nitrogens with one attached hydrogen (secondary N) is 1. The van der Waals surface area contributed by atoms with Gasteiger partial charge in [0.2, 0.25) is 0 Å². The first kappa shape index (κ1) is 13.7. The van der Waals surface area contributed by atoms with Gasteiger partial charge in [-0.2, -0.15) is 0 Å². The zero-order chi connectivity index (χ0) is 13.7. The van der Waals surface area contributed by atoms with E-state index in [1.165, 1.54) is 6.20 Å². The summed E-state index contributed by atoms with van der Waals surface area (Å²) in [6.07, 6.45) is 2.99. The molecule has 5 heteroatoms. The first-order valence-corrected chi connectivity index (χ1v) is 6.31. The summed E-state index contributed by atoms with van der Waals surface area (Å²) in [4.78, 5) is 4.08. The van der Waals surface area contributed by atoms with E-state index in [2.05, 4.69) is 10.3 Å². The van der Waals surface area contributed by atoms with Crippen molar-refractivity contribution in [1.29, 1.82) is 0 Å². The molecule has 0 atom stereocenters. The third-order valence-corrected chi connectivity index (χ3v) is 2.74. The molecule has 2 aromatic rings. The molecule has 0 radical (unpaired) electrons. The maximum Gasteiger partial charge on any atom is 0.194 e. The molecule has 0 aliphatic carbocycles. The summed E-state index contributed by atoms with van der Waals surface area (Å²) in [5.74, 6) is -0.217. The second-order valence-corrected chi connectivity index (χ2v) is 4.20. The molecule has 0 aliphatic heterocycles. The standard InChI is InChI=1S/C14H16F2N2O/c1-2-17-7-3-4-14-18-9-13(19-14)11-8-10(15)5-6-12(11)16/h5-6,8-9,17H,2-4,7H2,1H3. The number of nitrogens with zero attached hydrogens (tertiary/aromatic N) is 1. The normalized spacial score (nSPS) is 10.9. The van der Waals surface area contributed by atoms with Crippen LogP contribution in [-0.4, -0.2) is 18.1 Å². The van der Waals surface area contributed by atoms with Crippen LogP contribution in [0.5, 0.6) is 0 Å². The zero-order valence-electron chi connectivity index (χ0n) is 10.7. The molecule has 0 fully saturated rings. The summed E-state index contributed by atoms with van der Waals surface area (Å²) in [6, 6.07) is 3.27. The zero-order valence-corrected chi connectivity index (χ0v) is 10.7. The minimum Gasteiger partial charge on any atom is -0.441 e. The number of halogens is 2. The summed E-state index contributed by atoms with van der Waals surface area (Å²) < 4.78 is 32.1. The molecule has 19 heavy (non-hydrogen) atoms. The fraction of sp³-hybridized carbons (Fsp3) is 0.357. The number of rotatable bonds is 6. The van der Waals surface area contributed by atoms with Crippen molar-refractivity contribution in [2.45, 2.75) is 19.8 Å². The number of aryl methyl sites for hydroxylation is 1. The van der Waals surface area contributed by atoms with Crippen LogP contribution in [0.15, 0.2) is 28.8 Å². The maximum atomic E-state index is 13.6. The molecule has 0 unspecified atom stereocenters. The summed E-state index contributed by atoms with van der Waals surface area (Å²) >= 11 is 0. The van der Waals surface area contributed by atoms with Crippen LogP contribution in [0.4, 0.5) is 8.78 Å². The van der Waals surface area contributed by atoms with E-state index in [0.29, 0.717) is 12.3 Å². The lowest BCUT2D eigenvalue weighted by atomic mass is 10.2. The van der Waals surface area contributed by atoms with Crippen LogP contribution < -0.4 is 5.32 Å². The van der Waals surface area contributed by atoms with Crippen LogP contribution in [0.25, 0.3) is 11.3 Å². The fourth-order valence-electron chi connectivity index (χ4n) is 1.78. The molecule has 0 saturated heterocycles. The van der Waals surface area contributed by atoms with E-state index in [0.717, 1.165) is 37.7 Å². The molecule has 0 spiro atoms. The highest BCUT2D eigenvalue weighted by atomic mass is 19.1. The van der Waals surface area contributed by atoms with Crippen molar-refractivity contribution in [3.8, 4) is 11.3 Å². The monoisotopic (exact) mass is 266 g/mol. The Bertz CT molecular complexity index is 540. The lowest BCUT2D eigenvalue weighted by molar-refractivity contribution is 0.489. The molecule has 1 aromatic carbocycles. The van der Waals surface area contributed by atoms with E-state index in [4.69, 9.17) is 4.42 Å². The van der Waals surface area contributed by atoms with Crippen LogP contribution in [0.3, 0.4) is 0 Å². The third-order valence-electron chi connectivity index (χ3n) is 2.74. The van der Waals surface area contributed by atoms with Gasteiger partial charge in [-0.1, -0.05) is 6.92 Å². The SMILES string of the molecule is CCNCCCc1ncc(-c2cc(F)ccc2F)o1. The number of oxazole rings is 1. The van der Waals surface area contributed by atoms with Gasteiger partial charge in [-0.15, -0.1) is 0 Å². The number of aromatic nitrogens is 1. The van der Waals surface area contributed by atoms with E-state index in [1.807, 2.05) is 6.92 Å². The van der Waals surface area contributed by atoms with E-state index in [-0.39, 0.29) is 11.3 Å². The highest BCUT2D eigenvalue weighted by Crippen LogP contribution is 2.24. The van der Waals surface area contributed by atoms with Gasteiger partial charge in [0.25, 0.3) is 0 Å². The molecule has 1 heterocycles. The van der Waals surface area contributed by atoms with Gasteiger partial charge in [-0.05, 0) is 37.7 Å². The molecule has 102 valence electrons. The molecule has 1 N–H and O–H groups in total. The number of benzene rings is 1. The van der Waals surface area contributed by atoms with Crippen molar-refractivity contribution < 1.29 is 13.2 Å². The summed E-state index contributed by atoms with van der Waals surface area (Å²) in [7, 11) is 0. The minimum absolute atomic E-state index is 0.102. The van der Waals surface area contributed by atoms with Gasteiger partial charge in [-0.25, -0.2) is 13.8 Å². The molecule has 0 amide bonds. The van der Waals surface area contributed by atoms with Gasteiger partial charge < -0.3 is 9.73 Å². The lowest BCUT2D eigenvalue weighted by Gasteiger charge is -2.00. The predicted octanol–water partition coefficient (Wildman–Crippen LogP) is 3.16. The van der Waals surface area contributed by atoms with E-state index in [9.17, 15) is 8.78 Å². The highest BCUT2D eigenvalue weighted by Gasteiger charge is 2.11. The van der Waals surface area contributed by atoms with Crippen molar-refractivity contribution in [2.24, 2.45) is 0 Å². The van der Waals surface area contributed by atoms with Gasteiger partial charge >= 0.3 is 0 Å². The molecule has 0 aliphatic rings. The van der Waals surface area contributed by atoms with Crippen LogP contribution in [0, 0.1) is 11.6 Å². The second-order valence-electron chi connectivity index (χ2n) is 4.20. The Balaban J connectivity index is 2.06. The van der Waals surface area contributed by atoms with Crippen LogP contribution in [-0.2, 0) is 6.42 Å². The molecule has 0 bridgehead atoms. The summed E-state index contributed by atoms with van der Waals surface area (Å²) in [5, 5.41) is 3.19. The Morgan fingerprint density at radius 1 is 1.32 bits per heavy atom. The topological polar surface area (TPSA) is 38.1 Å². The first-order chi connectivity index (χ1) is 9.20. The largest absolute Gasteiger partial charge is 0.441 e. The van der Waals surface area contributed by atoms with Gasteiger partial charge in [0.1, 0.15) is 11.6 Å². The number of hydrogen-bond acceptors (Lipinski definition) is 3. The third kappa shape index (κ3) is 3.61. The van der Waals surface area contributed by atoms with Crippen molar-refractivity contribution >= 4 is 0 Å². The van der Waals surface area contributed by atoms with Crippen LogP contribution >= 0.6 is 0 Å². The predicted molar refractivity (Wildman–Crippen MR) is 68.7 cm³/mol. The Morgan fingerprint density at radius 2 is 2.16 bits per heavy atom. The molecule has 0 saturated carbocycles. The Morgan fingerprint density at radius 3 is 2.95 bits per heavy atom. The number of hydrogen-bond donors (Lipinski definition) is 1. The highest BCUT2D eigenvalue weighted by molar-refractivity contribution is 5.57. The van der Waals surface area contributed by atoms with Crippen LogP contribution in [0.2, 0.25) is 0 Å². The maximum absolute atomic E-state index is 13.6. The Labute approximate surface area is 110 Å². The average molecular weight is 266 g/mol. The Kier molecular flexibility index (Phi) is 4.63. The minimum atomic E-state index is -0.517.